The van der Waals surface area contributed by atoms with Crippen LogP contribution in [0.15, 0.2) is 40.6 Å². The SMILES string of the molecule is Cc1cc(C)c(C2=NOC3(C2)C(c2c(C)cccc2C)=NOC3N2CCOCC2)c(C)c1. The van der Waals surface area contributed by atoms with E-state index in [9.17, 15) is 0 Å². The molecule has 32 heavy (non-hydrogen) atoms. The Hall–Kier alpha value is -2.70. The Bertz CT molecular complexity index is 1070. The first kappa shape index (κ1) is 21.2. The predicted octanol–water partition coefficient (Wildman–Crippen LogP) is 4.18. The largest absolute Gasteiger partial charge is 0.379 e. The van der Waals surface area contributed by atoms with E-state index in [1.54, 1.807) is 0 Å². The van der Waals surface area contributed by atoms with Crippen molar-refractivity contribution in [2.75, 3.05) is 26.3 Å². The second-order valence-corrected chi connectivity index (χ2v) is 9.28. The second-order valence-electron chi connectivity index (χ2n) is 9.28. The molecule has 0 N–H and O–H groups in total. The highest BCUT2D eigenvalue weighted by Gasteiger charge is 2.60. The average molecular weight is 434 g/mol. The monoisotopic (exact) mass is 433 g/mol. The van der Waals surface area contributed by atoms with Crippen molar-refractivity contribution in [1.29, 1.82) is 0 Å². The molecule has 2 unspecified atom stereocenters. The van der Waals surface area contributed by atoms with Crippen LogP contribution in [0, 0.1) is 34.6 Å². The van der Waals surface area contributed by atoms with Gasteiger partial charge in [-0.3, -0.25) is 4.90 Å². The summed E-state index contributed by atoms with van der Waals surface area (Å²) in [5, 5.41) is 9.31. The van der Waals surface area contributed by atoms with E-state index in [4.69, 9.17) is 14.4 Å². The van der Waals surface area contributed by atoms with E-state index >= 15 is 0 Å². The van der Waals surface area contributed by atoms with E-state index in [0.29, 0.717) is 19.6 Å². The molecule has 0 saturated carbocycles. The fourth-order valence-corrected chi connectivity index (χ4v) is 5.48. The van der Waals surface area contributed by atoms with Crippen molar-refractivity contribution in [2.24, 2.45) is 10.3 Å². The number of aryl methyl sites for hydroxylation is 5. The molecule has 1 saturated heterocycles. The van der Waals surface area contributed by atoms with E-state index in [2.05, 4.69) is 80.2 Å². The molecule has 3 aliphatic heterocycles. The molecule has 1 fully saturated rings. The summed E-state index contributed by atoms with van der Waals surface area (Å²) < 4.78 is 5.59. The summed E-state index contributed by atoms with van der Waals surface area (Å²) in [6.07, 6.45) is 0.277. The summed E-state index contributed by atoms with van der Waals surface area (Å²) in [5.74, 6) is 0. The highest BCUT2D eigenvalue weighted by molar-refractivity contribution is 6.15. The zero-order valence-electron chi connectivity index (χ0n) is 19.6. The predicted molar refractivity (Wildman–Crippen MR) is 125 cm³/mol. The average Bonchev–Trinajstić information content (AvgIpc) is 3.33. The molecule has 2 atom stereocenters. The normalized spacial score (nSPS) is 25.5. The number of ether oxygens (including phenoxy) is 1. The van der Waals surface area contributed by atoms with Gasteiger partial charge in [0.25, 0.3) is 0 Å². The van der Waals surface area contributed by atoms with E-state index in [-0.39, 0.29) is 6.23 Å². The van der Waals surface area contributed by atoms with Gasteiger partial charge in [0.2, 0.25) is 11.8 Å². The van der Waals surface area contributed by atoms with Gasteiger partial charge in [-0.15, -0.1) is 0 Å². The van der Waals surface area contributed by atoms with Gasteiger partial charge in [-0.05, 0) is 56.9 Å². The molecule has 0 bridgehead atoms. The minimum absolute atomic E-state index is 0.340. The van der Waals surface area contributed by atoms with Crippen molar-refractivity contribution in [2.45, 2.75) is 52.9 Å². The first-order valence-electron chi connectivity index (χ1n) is 11.4. The molecule has 1 spiro atoms. The summed E-state index contributed by atoms with van der Waals surface area (Å²) in [5.41, 5.74) is 9.29. The number of benzene rings is 2. The third kappa shape index (κ3) is 3.33. The Morgan fingerprint density at radius 3 is 2.19 bits per heavy atom. The third-order valence-electron chi connectivity index (χ3n) is 6.85. The van der Waals surface area contributed by atoms with Gasteiger partial charge < -0.3 is 14.4 Å². The molecule has 3 heterocycles. The van der Waals surface area contributed by atoms with Crippen LogP contribution in [0.4, 0.5) is 0 Å². The molecule has 0 aliphatic carbocycles. The lowest BCUT2D eigenvalue weighted by Crippen LogP contribution is -2.57. The van der Waals surface area contributed by atoms with Crippen LogP contribution in [-0.2, 0) is 14.4 Å². The van der Waals surface area contributed by atoms with Gasteiger partial charge >= 0.3 is 0 Å². The number of nitrogens with zero attached hydrogens (tertiary/aromatic N) is 3. The topological polar surface area (TPSA) is 55.7 Å². The van der Waals surface area contributed by atoms with Crippen molar-refractivity contribution in [3.63, 3.8) is 0 Å². The van der Waals surface area contributed by atoms with Crippen molar-refractivity contribution >= 4 is 11.4 Å². The van der Waals surface area contributed by atoms with Crippen LogP contribution in [0.3, 0.4) is 0 Å². The Morgan fingerprint density at radius 2 is 1.53 bits per heavy atom. The van der Waals surface area contributed by atoms with E-state index in [1.165, 1.54) is 22.3 Å². The van der Waals surface area contributed by atoms with Crippen LogP contribution < -0.4 is 0 Å². The molecule has 3 aliphatic rings. The van der Waals surface area contributed by atoms with Gasteiger partial charge in [0.1, 0.15) is 5.71 Å². The summed E-state index contributed by atoms with van der Waals surface area (Å²) in [6, 6.07) is 10.7. The first-order valence-corrected chi connectivity index (χ1v) is 11.4. The van der Waals surface area contributed by atoms with Crippen LogP contribution in [0.5, 0.6) is 0 Å². The summed E-state index contributed by atoms with van der Waals surface area (Å²) in [7, 11) is 0. The Morgan fingerprint density at radius 1 is 0.875 bits per heavy atom. The molecule has 2 aromatic carbocycles. The van der Waals surface area contributed by atoms with Crippen LogP contribution in [0.2, 0.25) is 0 Å². The Labute approximate surface area is 189 Å². The minimum atomic E-state index is -0.784. The zero-order chi connectivity index (χ0) is 22.5. The number of morpholine rings is 1. The molecule has 0 amide bonds. The van der Waals surface area contributed by atoms with Gasteiger partial charge in [0.15, 0.2) is 0 Å². The lowest BCUT2D eigenvalue weighted by molar-refractivity contribution is -0.159. The lowest BCUT2D eigenvalue weighted by Gasteiger charge is -2.37. The number of oxime groups is 2. The maximum atomic E-state index is 6.40. The molecule has 5 rings (SSSR count). The van der Waals surface area contributed by atoms with Crippen LogP contribution >= 0.6 is 0 Å². The summed E-state index contributed by atoms with van der Waals surface area (Å²) in [6.45, 7) is 13.6. The van der Waals surface area contributed by atoms with E-state index in [0.717, 1.165) is 41.2 Å². The van der Waals surface area contributed by atoms with Crippen LogP contribution in [0.25, 0.3) is 0 Å². The number of hydrogen-bond acceptors (Lipinski definition) is 6. The van der Waals surface area contributed by atoms with Crippen LogP contribution in [-0.4, -0.2) is 54.5 Å². The summed E-state index contributed by atoms with van der Waals surface area (Å²) in [4.78, 5) is 14.8. The fraction of sp³-hybridized carbons (Fsp3) is 0.462. The van der Waals surface area contributed by atoms with Gasteiger partial charge in [-0.2, -0.15) is 0 Å². The minimum Gasteiger partial charge on any atom is -0.379 e. The molecule has 168 valence electrons. The fourth-order valence-electron chi connectivity index (χ4n) is 5.48. The standard InChI is InChI=1S/C26H31N3O3/c1-16-13-19(4)22(20(5)14-16)21-15-26(32-27-21)24(23-17(2)7-6-8-18(23)3)28-31-25(26)29-9-11-30-12-10-29/h6-8,13-14,25H,9-12,15H2,1-5H3. The maximum Gasteiger partial charge on any atom is 0.241 e. The van der Waals surface area contributed by atoms with Gasteiger partial charge in [-0.25, -0.2) is 0 Å². The van der Waals surface area contributed by atoms with Gasteiger partial charge in [0, 0.05) is 30.6 Å². The molecule has 6 nitrogen and oxygen atoms in total. The van der Waals surface area contributed by atoms with Crippen molar-refractivity contribution in [3.05, 3.63) is 69.3 Å². The highest BCUT2D eigenvalue weighted by Crippen LogP contribution is 2.42. The van der Waals surface area contributed by atoms with Crippen LogP contribution in [0.1, 0.15) is 45.4 Å². The highest BCUT2D eigenvalue weighted by atomic mass is 16.7. The molecular weight excluding hydrogens is 402 g/mol. The molecular formula is C26H31N3O3. The smallest absolute Gasteiger partial charge is 0.241 e. The van der Waals surface area contributed by atoms with E-state index < -0.39 is 5.60 Å². The molecule has 6 heteroatoms. The summed E-state index contributed by atoms with van der Waals surface area (Å²) >= 11 is 0. The molecule has 0 aromatic heterocycles. The number of rotatable bonds is 3. The molecule has 2 aromatic rings. The number of hydrogen-bond donors (Lipinski definition) is 0. The van der Waals surface area contributed by atoms with Gasteiger partial charge in [0.05, 0.1) is 18.9 Å². The van der Waals surface area contributed by atoms with Gasteiger partial charge in [-0.1, -0.05) is 46.2 Å². The lowest BCUT2D eigenvalue weighted by atomic mass is 9.81. The zero-order valence-corrected chi connectivity index (χ0v) is 19.6. The Kier molecular flexibility index (Phi) is 5.30. The van der Waals surface area contributed by atoms with Crippen molar-refractivity contribution in [3.8, 4) is 0 Å². The molecule has 0 radical (unpaired) electrons. The van der Waals surface area contributed by atoms with Crippen molar-refractivity contribution in [1.82, 2.24) is 4.90 Å². The first-order chi connectivity index (χ1) is 15.4. The quantitative estimate of drug-likeness (QED) is 0.729. The van der Waals surface area contributed by atoms with Crippen molar-refractivity contribution < 1.29 is 14.4 Å². The third-order valence-corrected chi connectivity index (χ3v) is 6.85. The Balaban J connectivity index is 1.58. The maximum absolute atomic E-state index is 6.40. The second kappa shape index (κ2) is 8.01. The van der Waals surface area contributed by atoms with E-state index in [1.807, 2.05) is 0 Å².